The van der Waals surface area contributed by atoms with Crippen molar-refractivity contribution in [3.05, 3.63) is 89.2 Å². The second kappa shape index (κ2) is 14.8. The molecule has 5 rings (SSSR count). The van der Waals surface area contributed by atoms with Crippen molar-refractivity contribution in [3.63, 3.8) is 0 Å². The van der Waals surface area contributed by atoms with Gasteiger partial charge in [-0.3, -0.25) is 19.8 Å². The molecule has 1 aromatic heterocycles. The second-order valence-corrected chi connectivity index (χ2v) is 9.65. The van der Waals surface area contributed by atoms with Crippen LogP contribution in [0.2, 0.25) is 0 Å². The Morgan fingerprint density at radius 3 is 1.41 bits per heavy atom. The summed E-state index contributed by atoms with van der Waals surface area (Å²) in [6.07, 6.45) is 3.65. The fraction of sp³-hybridized carbons (Fsp3) is 0.387. The molecule has 0 saturated carbocycles. The minimum absolute atomic E-state index is 0.592. The summed E-state index contributed by atoms with van der Waals surface area (Å²) in [4.78, 5) is 19.1. The molecular formula is C31H37N5O3. The number of ether oxygens (including phenoxy) is 3. The van der Waals surface area contributed by atoms with E-state index in [0.717, 1.165) is 73.2 Å². The van der Waals surface area contributed by atoms with E-state index in [1.165, 1.54) is 0 Å². The van der Waals surface area contributed by atoms with E-state index in [2.05, 4.69) is 34.1 Å². The van der Waals surface area contributed by atoms with Gasteiger partial charge in [-0.1, -0.05) is 42.5 Å². The number of rotatable bonds is 0. The van der Waals surface area contributed by atoms with Gasteiger partial charge in [0.05, 0.1) is 74.8 Å². The van der Waals surface area contributed by atoms with Crippen molar-refractivity contribution in [2.45, 2.75) is 13.1 Å². The minimum atomic E-state index is 0.592. The summed E-state index contributed by atoms with van der Waals surface area (Å²) in [5.41, 5.74) is 5.76. The molecule has 8 nitrogen and oxygen atoms in total. The lowest BCUT2D eigenvalue weighted by molar-refractivity contribution is 0.0311. The molecule has 0 N–H and O–H groups in total. The minimum Gasteiger partial charge on any atom is -0.379 e. The van der Waals surface area contributed by atoms with Crippen molar-refractivity contribution in [2.75, 3.05) is 65.8 Å². The number of benzene rings is 2. The van der Waals surface area contributed by atoms with Crippen LogP contribution in [0.5, 0.6) is 0 Å². The van der Waals surface area contributed by atoms with Crippen LogP contribution in [0.4, 0.5) is 11.4 Å². The summed E-state index contributed by atoms with van der Waals surface area (Å²) in [6.45, 7) is 8.59. The van der Waals surface area contributed by atoms with E-state index in [4.69, 9.17) is 29.2 Å². The van der Waals surface area contributed by atoms with E-state index >= 15 is 0 Å². The largest absolute Gasteiger partial charge is 0.379 e. The van der Waals surface area contributed by atoms with Gasteiger partial charge < -0.3 is 14.2 Å². The highest BCUT2D eigenvalue weighted by Gasteiger charge is 2.13. The average molecular weight is 528 g/mol. The molecule has 204 valence electrons. The summed E-state index contributed by atoms with van der Waals surface area (Å²) in [7, 11) is 0. The molecule has 0 aliphatic carbocycles. The highest BCUT2D eigenvalue weighted by atomic mass is 16.5. The Balaban J connectivity index is 1.48. The topological polar surface area (TPSA) is 71.8 Å². The van der Waals surface area contributed by atoms with E-state index in [0.29, 0.717) is 39.6 Å². The van der Waals surface area contributed by atoms with Crippen LogP contribution in [0, 0.1) is 0 Å². The first-order valence-electron chi connectivity index (χ1n) is 13.7. The Bertz CT molecular complexity index is 1160. The number of hydrogen-bond acceptors (Lipinski definition) is 8. The number of aliphatic imine (C=N–C) groups is 2. The third-order valence-corrected chi connectivity index (χ3v) is 6.81. The number of pyridine rings is 1. The van der Waals surface area contributed by atoms with Crippen molar-refractivity contribution in [2.24, 2.45) is 9.98 Å². The van der Waals surface area contributed by atoms with Crippen LogP contribution in [0.25, 0.3) is 0 Å². The zero-order chi connectivity index (χ0) is 26.5. The standard InChI is InChI=1S/C31H37N5O3/c1-3-10-30-26(6-1)24-35-12-16-37-17-13-36(15-19-39-21-20-38-18-14-35)25-27-7-2-4-11-31(27)33-23-29-9-5-8-28(34-29)22-32-30/h1-11,22-23H,12-21,24-25H2. The highest BCUT2D eigenvalue weighted by Crippen LogP contribution is 2.22. The lowest BCUT2D eigenvalue weighted by Gasteiger charge is -2.24. The molecule has 2 aromatic carbocycles. The van der Waals surface area contributed by atoms with Crippen molar-refractivity contribution in [3.8, 4) is 0 Å². The van der Waals surface area contributed by atoms with Gasteiger partial charge in [-0.2, -0.15) is 0 Å². The van der Waals surface area contributed by atoms with Gasteiger partial charge in [0, 0.05) is 39.3 Å². The van der Waals surface area contributed by atoms with Gasteiger partial charge in [-0.25, -0.2) is 4.98 Å². The first-order valence-corrected chi connectivity index (χ1v) is 13.7. The van der Waals surface area contributed by atoms with Gasteiger partial charge in [-0.05, 0) is 35.4 Å². The van der Waals surface area contributed by atoms with Gasteiger partial charge >= 0.3 is 0 Å². The van der Waals surface area contributed by atoms with Gasteiger partial charge in [0.15, 0.2) is 0 Å². The normalized spacial score (nSPS) is 21.6. The average Bonchev–Trinajstić information content (AvgIpc) is 2.97. The van der Waals surface area contributed by atoms with Gasteiger partial charge in [0.2, 0.25) is 0 Å². The van der Waals surface area contributed by atoms with Crippen LogP contribution >= 0.6 is 0 Å². The number of para-hydroxylation sites is 2. The van der Waals surface area contributed by atoms with Crippen molar-refractivity contribution in [1.82, 2.24) is 14.8 Å². The van der Waals surface area contributed by atoms with Gasteiger partial charge in [0.25, 0.3) is 0 Å². The summed E-state index contributed by atoms with van der Waals surface area (Å²) < 4.78 is 17.9. The first kappa shape index (κ1) is 27.3. The predicted molar refractivity (Wildman–Crippen MR) is 155 cm³/mol. The quantitative estimate of drug-likeness (QED) is 0.407. The number of aromatic nitrogens is 1. The molecule has 2 aliphatic rings. The lowest BCUT2D eigenvalue weighted by Crippen LogP contribution is -2.33. The lowest BCUT2D eigenvalue weighted by atomic mass is 10.1. The second-order valence-electron chi connectivity index (χ2n) is 9.65. The smallest absolute Gasteiger partial charge is 0.0820 e. The van der Waals surface area contributed by atoms with E-state index in [1.54, 1.807) is 0 Å². The molecule has 0 amide bonds. The van der Waals surface area contributed by atoms with Gasteiger partial charge in [0.1, 0.15) is 0 Å². The molecule has 3 heterocycles. The molecule has 3 aromatic rings. The van der Waals surface area contributed by atoms with E-state index in [-0.39, 0.29) is 0 Å². The van der Waals surface area contributed by atoms with Crippen molar-refractivity contribution in [1.29, 1.82) is 0 Å². The van der Waals surface area contributed by atoms with E-state index < -0.39 is 0 Å². The molecule has 1 fully saturated rings. The molecule has 1 saturated heterocycles. The number of fused-ring (bicyclic) bond motifs is 10. The molecule has 2 aliphatic heterocycles. The maximum Gasteiger partial charge on any atom is 0.0820 e. The van der Waals surface area contributed by atoms with Gasteiger partial charge in [-0.15, -0.1) is 0 Å². The SMILES string of the molecule is C1=Nc2ccccc2CN2CCOCCOCCN(CCOCC2)Cc2ccccc2N=Cc2cccc1n2. The number of nitrogens with zero attached hydrogens (tertiary/aromatic N) is 5. The Kier molecular flexibility index (Phi) is 10.3. The highest BCUT2D eigenvalue weighted by molar-refractivity contribution is 5.84. The van der Waals surface area contributed by atoms with Crippen molar-refractivity contribution >= 4 is 23.8 Å². The number of hydrogen-bond donors (Lipinski definition) is 0. The van der Waals surface area contributed by atoms with Crippen LogP contribution < -0.4 is 0 Å². The van der Waals surface area contributed by atoms with E-state index in [9.17, 15) is 0 Å². The molecule has 2 atom stereocenters. The fourth-order valence-electron chi connectivity index (χ4n) is 4.65. The van der Waals surface area contributed by atoms with Crippen molar-refractivity contribution < 1.29 is 14.2 Å². The molecule has 8 heteroatoms. The van der Waals surface area contributed by atoms with Crippen LogP contribution in [0.3, 0.4) is 0 Å². The third-order valence-electron chi connectivity index (χ3n) is 6.81. The third kappa shape index (κ3) is 8.61. The van der Waals surface area contributed by atoms with Crippen LogP contribution in [0.15, 0.2) is 76.7 Å². The molecular weight excluding hydrogens is 490 g/mol. The predicted octanol–water partition coefficient (Wildman–Crippen LogP) is 4.26. The first-order chi connectivity index (χ1) is 19.3. The van der Waals surface area contributed by atoms with E-state index in [1.807, 2.05) is 54.9 Å². The summed E-state index contributed by atoms with van der Waals surface area (Å²) in [5.74, 6) is 0. The molecule has 0 radical (unpaired) electrons. The Morgan fingerprint density at radius 1 is 0.487 bits per heavy atom. The van der Waals surface area contributed by atoms with Crippen LogP contribution in [-0.2, 0) is 27.3 Å². The Labute approximate surface area is 231 Å². The molecule has 0 spiro atoms. The molecule has 39 heavy (non-hydrogen) atoms. The zero-order valence-electron chi connectivity index (χ0n) is 22.5. The van der Waals surface area contributed by atoms with Crippen LogP contribution in [0.1, 0.15) is 22.5 Å². The Hall–Kier alpha value is -3.27. The summed E-state index contributed by atoms with van der Waals surface area (Å²) >= 11 is 0. The summed E-state index contributed by atoms with van der Waals surface area (Å²) in [6, 6.07) is 22.4. The molecule has 4 bridgehead atoms. The maximum absolute atomic E-state index is 6.12. The Morgan fingerprint density at radius 2 is 0.923 bits per heavy atom. The summed E-state index contributed by atoms with van der Waals surface area (Å²) in [5, 5.41) is 0. The fourth-order valence-corrected chi connectivity index (χ4v) is 4.65. The van der Waals surface area contributed by atoms with Crippen LogP contribution in [-0.4, -0.2) is 93.0 Å². The maximum atomic E-state index is 6.12. The molecule has 2 unspecified atom stereocenters. The monoisotopic (exact) mass is 527 g/mol. The zero-order valence-corrected chi connectivity index (χ0v) is 22.5.